The molecule has 0 aliphatic carbocycles. The van der Waals surface area contributed by atoms with Gasteiger partial charge in [0.05, 0.1) is 12.6 Å². The van der Waals surface area contributed by atoms with Crippen molar-refractivity contribution in [3.63, 3.8) is 0 Å². The first kappa shape index (κ1) is 15.2. The van der Waals surface area contributed by atoms with Crippen LogP contribution >= 0.6 is 0 Å². The van der Waals surface area contributed by atoms with Crippen LogP contribution in [0.4, 0.5) is 5.69 Å². The van der Waals surface area contributed by atoms with Gasteiger partial charge in [0.2, 0.25) is 5.91 Å². The van der Waals surface area contributed by atoms with E-state index >= 15 is 0 Å². The van der Waals surface area contributed by atoms with Gasteiger partial charge in [-0.25, -0.2) is 0 Å². The predicted octanol–water partition coefficient (Wildman–Crippen LogP) is 0.314. The Labute approximate surface area is 112 Å². The number of nitrogen functional groups attached to an aromatic ring is 1. The average Bonchev–Trinajstić information content (AvgIpc) is 2.35. The molecule has 0 radical (unpaired) electrons. The van der Waals surface area contributed by atoms with E-state index in [1.165, 1.54) is 22.9 Å². The first-order valence-corrected chi connectivity index (χ1v) is 6.24. The number of ether oxygens (including phenoxy) is 1. The first-order chi connectivity index (χ1) is 8.99. The standard InChI is InChI=1S/C13H21N3O3/c1-4-16(10(2)9-19-3)13(18)8-15-7-11(14)5-6-12(15)17/h5-7,10H,4,8-9,14H2,1-3H3. The number of likely N-dealkylation sites (N-methyl/N-ethyl adjacent to an activating group) is 1. The number of carbonyl (C=O) groups excluding carboxylic acids is 1. The number of pyridine rings is 1. The normalized spacial score (nSPS) is 12.2. The van der Waals surface area contributed by atoms with Crippen LogP contribution in [0.2, 0.25) is 0 Å². The molecule has 0 fully saturated rings. The minimum absolute atomic E-state index is 0.00817. The Kier molecular flexibility index (Phi) is 5.57. The molecule has 1 amide bonds. The average molecular weight is 267 g/mol. The molecule has 0 spiro atoms. The molecule has 6 heteroatoms. The van der Waals surface area contributed by atoms with Crippen molar-refractivity contribution in [3.8, 4) is 0 Å². The number of methoxy groups -OCH3 is 1. The molecule has 2 N–H and O–H groups in total. The quantitative estimate of drug-likeness (QED) is 0.805. The molecular formula is C13H21N3O3. The Morgan fingerprint density at radius 2 is 2.21 bits per heavy atom. The lowest BCUT2D eigenvalue weighted by atomic mass is 10.3. The second kappa shape index (κ2) is 6.94. The summed E-state index contributed by atoms with van der Waals surface area (Å²) in [5.74, 6) is -0.125. The maximum atomic E-state index is 12.2. The van der Waals surface area contributed by atoms with Crippen LogP contribution in [-0.4, -0.2) is 41.7 Å². The van der Waals surface area contributed by atoms with E-state index in [4.69, 9.17) is 10.5 Å². The summed E-state index contributed by atoms with van der Waals surface area (Å²) < 4.78 is 6.37. The number of nitrogens with zero attached hydrogens (tertiary/aromatic N) is 2. The highest BCUT2D eigenvalue weighted by atomic mass is 16.5. The monoisotopic (exact) mass is 267 g/mol. The van der Waals surface area contributed by atoms with Gasteiger partial charge in [0.25, 0.3) is 5.56 Å². The molecule has 19 heavy (non-hydrogen) atoms. The van der Waals surface area contributed by atoms with Gasteiger partial charge in [-0.15, -0.1) is 0 Å². The molecule has 1 unspecified atom stereocenters. The molecular weight excluding hydrogens is 246 g/mol. The zero-order valence-electron chi connectivity index (χ0n) is 11.6. The Bertz CT molecular complexity index is 484. The lowest BCUT2D eigenvalue weighted by Crippen LogP contribution is -2.43. The van der Waals surface area contributed by atoms with Gasteiger partial charge in [0.15, 0.2) is 0 Å². The largest absolute Gasteiger partial charge is 0.398 e. The predicted molar refractivity (Wildman–Crippen MR) is 73.8 cm³/mol. The molecule has 0 aliphatic rings. The molecule has 0 aliphatic heterocycles. The topological polar surface area (TPSA) is 77.6 Å². The van der Waals surface area contributed by atoms with Crippen LogP contribution in [0.5, 0.6) is 0 Å². The zero-order chi connectivity index (χ0) is 14.4. The highest BCUT2D eigenvalue weighted by Crippen LogP contribution is 2.03. The van der Waals surface area contributed by atoms with E-state index < -0.39 is 0 Å². The van der Waals surface area contributed by atoms with Crippen molar-refractivity contribution < 1.29 is 9.53 Å². The van der Waals surface area contributed by atoms with Gasteiger partial charge in [0.1, 0.15) is 6.54 Å². The number of hydrogen-bond donors (Lipinski definition) is 1. The van der Waals surface area contributed by atoms with E-state index in [1.54, 1.807) is 12.0 Å². The minimum Gasteiger partial charge on any atom is -0.398 e. The van der Waals surface area contributed by atoms with E-state index in [2.05, 4.69) is 0 Å². The number of aromatic nitrogens is 1. The number of amides is 1. The van der Waals surface area contributed by atoms with E-state index in [0.29, 0.717) is 18.8 Å². The molecule has 0 bridgehead atoms. The van der Waals surface area contributed by atoms with Crippen molar-refractivity contribution in [1.82, 2.24) is 9.47 Å². The van der Waals surface area contributed by atoms with E-state index in [0.717, 1.165) is 0 Å². The van der Waals surface area contributed by atoms with E-state index in [-0.39, 0.29) is 24.1 Å². The molecule has 0 saturated carbocycles. The molecule has 0 saturated heterocycles. The van der Waals surface area contributed by atoms with Crippen molar-refractivity contribution in [2.45, 2.75) is 26.4 Å². The fourth-order valence-electron chi connectivity index (χ4n) is 1.97. The van der Waals surface area contributed by atoms with Gasteiger partial charge >= 0.3 is 0 Å². The molecule has 6 nitrogen and oxygen atoms in total. The molecule has 1 atom stereocenters. The van der Waals surface area contributed by atoms with Crippen molar-refractivity contribution in [2.75, 3.05) is 26.0 Å². The Balaban J connectivity index is 2.82. The number of carbonyl (C=O) groups is 1. The van der Waals surface area contributed by atoms with Crippen LogP contribution in [0.3, 0.4) is 0 Å². The third-order valence-corrected chi connectivity index (χ3v) is 2.91. The smallest absolute Gasteiger partial charge is 0.251 e. The van der Waals surface area contributed by atoms with Gasteiger partial charge in [-0.1, -0.05) is 0 Å². The molecule has 0 aromatic carbocycles. The summed E-state index contributed by atoms with van der Waals surface area (Å²) in [6, 6.07) is 2.85. The summed E-state index contributed by atoms with van der Waals surface area (Å²) in [5.41, 5.74) is 5.84. The van der Waals surface area contributed by atoms with E-state index in [9.17, 15) is 9.59 Å². The molecule has 1 heterocycles. The summed E-state index contributed by atoms with van der Waals surface area (Å²) in [6.45, 7) is 4.83. The van der Waals surface area contributed by atoms with Crippen LogP contribution in [0, 0.1) is 0 Å². The second-order valence-corrected chi connectivity index (χ2v) is 4.41. The van der Waals surface area contributed by atoms with Crippen molar-refractivity contribution in [3.05, 3.63) is 28.7 Å². The summed E-state index contributed by atoms with van der Waals surface area (Å²) in [4.78, 5) is 25.5. The Hall–Kier alpha value is -1.82. The van der Waals surface area contributed by atoms with Crippen molar-refractivity contribution >= 4 is 11.6 Å². The number of hydrogen-bond acceptors (Lipinski definition) is 4. The molecule has 1 aromatic heterocycles. The maximum absolute atomic E-state index is 12.2. The van der Waals surface area contributed by atoms with Gasteiger partial charge in [-0.05, 0) is 19.9 Å². The zero-order valence-corrected chi connectivity index (χ0v) is 11.6. The molecule has 106 valence electrons. The Morgan fingerprint density at radius 1 is 1.53 bits per heavy atom. The highest BCUT2D eigenvalue weighted by Gasteiger charge is 2.18. The lowest BCUT2D eigenvalue weighted by molar-refractivity contribution is -0.134. The summed E-state index contributed by atoms with van der Waals surface area (Å²) in [6.07, 6.45) is 1.48. The van der Waals surface area contributed by atoms with Crippen LogP contribution in [0.15, 0.2) is 23.1 Å². The van der Waals surface area contributed by atoms with Gasteiger partial charge in [-0.3, -0.25) is 9.59 Å². The van der Waals surface area contributed by atoms with Gasteiger partial charge in [-0.2, -0.15) is 0 Å². The second-order valence-electron chi connectivity index (χ2n) is 4.41. The third-order valence-electron chi connectivity index (χ3n) is 2.91. The van der Waals surface area contributed by atoms with Crippen LogP contribution in [0.1, 0.15) is 13.8 Å². The number of nitrogens with two attached hydrogens (primary N) is 1. The SMILES string of the molecule is CCN(C(=O)Cn1cc(N)ccc1=O)C(C)COC. The van der Waals surface area contributed by atoms with Crippen molar-refractivity contribution in [1.29, 1.82) is 0 Å². The fraction of sp³-hybridized carbons (Fsp3) is 0.538. The molecule has 1 rings (SSSR count). The van der Waals surface area contributed by atoms with Gasteiger partial charge < -0.3 is 19.9 Å². The van der Waals surface area contributed by atoms with Crippen LogP contribution in [-0.2, 0) is 16.1 Å². The summed E-state index contributed by atoms with van der Waals surface area (Å²) in [7, 11) is 1.59. The number of anilines is 1. The minimum atomic E-state index is -0.238. The summed E-state index contributed by atoms with van der Waals surface area (Å²) in [5, 5.41) is 0. The third kappa shape index (κ3) is 4.10. The fourth-order valence-corrected chi connectivity index (χ4v) is 1.97. The number of rotatable bonds is 6. The van der Waals surface area contributed by atoms with Crippen LogP contribution in [0.25, 0.3) is 0 Å². The molecule has 1 aromatic rings. The van der Waals surface area contributed by atoms with Gasteiger partial charge in [0, 0.05) is 31.6 Å². The van der Waals surface area contributed by atoms with Crippen molar-refractivity contribution in [2.24, 2.45) is 0 Å². The highest BCUT2D eigenvalue weighted by molar-refractivity contribution is 5.76. The lowest BCUT2D eigenvalue weighted by Gasteiger charge is -2.27. The van der Waals surface area contributed by atoms with Crippen LogP contribution < -0.4 is 11.3 Å². The van der Waals surface area contributed by atoms with E-state index in [1.807, 2.05) is 13.8 Å². The maximum Gasteiger partial charge on any atom is 0.251 e. The first-order valence-electron chi connectivity index (χ1n) is 6.24. The summed E-state index contributed by atoms with van der Waals surface area (Å²) >= 11 is 0. The Morgan fingerprint density at radius 3 is 2.79 bits per heavy atom.